The Morgan fingerprint density at radius 2 is 2.55 bits per heavy atom. The molecule has 11 heavy (non-hydrogen) atoms. The highest BCUT2D eigenvalue weighted by molar-refractivity contribution is 7.07. The average molecular weight is 170 g/mol. The molecule has 0 saturated heterocycles. The second-order valence-corrected chi connectivity index (χ2v) is 3.09. The van der Waals surface area contributed by atoms with Gasteiger partial charge in [0.1, 0.15) is 0 Å². The third kappa shape index (κ3) is 2.32. The maximum absolute atomic E-state index is 11.0. The monoisotopic (exact) mass is 170 g/mol. The summed E-state index contributed by atoms with van der Waals surface area (Å²) in [5.74, 6) is 5.17. The van der Waals surface area contributed by atoms with E-state index in [9.17, 15) is 4.79 Å². The van der Waals surface area contributed by atoms with Gasteiger partial charge in [-0.05, 0) is 22.4 Å². The van der Waals surface area contributed by atoms with E-state index in [1.165, 1.54) is 0 Å². The zero-order valence-corrected chi connectivity index (χ0v) is 7.10. The maximum atomic E-state index is 11.0. The van der Waals surface area contributed by atoms with Crippen LogP contribution in [-0.4, -0.2) is 18.0 Å². The normalized spacial score (nSPS) is 9.64. The minimum Gasteiger partial charge on any atom is -0.284 e. The highest BCUT2D eigenvalue weighted by Crippen LogP contribution is 2.06. The topological polar surface area (TPSA) is 46.3 Å². The number of likely N-dealkylation sites (N-methyl/N-ethyl adjacent to an activating group) is 1. The van der Waals surface area contributed by atoms with Crippen LogP contribution in [0.4, 0.5) is 0 Å². The highest BCUT2D eigenvalue weighted by Gasteiger charge is 2.05. The lowest BCUT2D eigenvalue weighted by molar-refractivity contribution is -0.129. The SMILES string of the molecule is CN(N)C(=O)Cc1ccsc1. The first kappa shape index (κ1) is 8.23. The van der Waals surface area contributed by atoms with Gasteiger partial charge in [-0.2, -0.15) is 11.3 Å². The van der Waals surface area contributed by atoms with Crippen LogP contribution in [0, 0.1) is 0 Å². The number of carbonyl (C=O) groups excluding carboxylic acids is 1. The van der Waals surface area contributed by atoms with Crippen molar-refractivity contribution in [1.29, 1.82) is 0 Å². The van der Waals surface area contributed by atoms with Gasteiger partial charge < -0.3 is 0 Å². The number of nitrogens with zero attached hydrogens (tertiary/aromatic N) is 1. The molecule has 60 valence electrons. The molecule has 0 aliphatic rings. The van der Waals surface area contributed by atoms with Gasteiger partial charge >= 0.3 is 0 Å². The lowest BCUT2D eigenvalue weighted by Crippen LogP contribution is -2.34. The molecule has 0 atom stereocenters. The summed E-state index contributed by atoms with van der Waals surface area (Å²) >= 11 is 1.58. The van der Waals surface area contributed by atoms with Gasteiger partial charge in [-0.3, -0.25) is 9.80 Å². The van der Waals surface area contributed by atoms with Gasteiger partial charge in [0.25, 0.3) is 0 Å². The van der Waals surface area contributed by atoms with Crippen molar-refractivity contribution in [3.63, 3.8) is 0 Å². The Morgan fingerprint density at radius 3 is 3.00 bits per heavy atom. The van der Waals surface area contributed by atoms with Crippen LogP contribution in [0.5, 0.6) is 0 Å². The molecule has 0 aromatic carbocycles. The summed E-state index contributed by atoms with van der Waals surface area (Å²) < 4.78 is 0. The molecule has 1 aromatic heterocycles. The Bertz CT molecular complexity index is 231. The van der Waals surface area contributed by atoms with Gasteiger partial charge in [-0.1, -0.05) is 0 Å². The lowest BCUT2D eigenvalue weighted by Gasteiger charge is -2.07. The van der Waals surface area contributed by atoms with E-state index in [1.54, 1.807) is 18.4 Å². The third-order valence-electron chi connectivity index (χ3n) is 1.33. The minimum absolute atomic E-state index is 0.0663. The first-order valence-corrected chi connectivity index (χ1v) is 4.17. The Morgan fingerprint density at radius 1 is 1.82 bits per heavy atom. The molecule has 2 N–H and O–H groups in total. The molecule has 0 aliphatic heterocycles. The van der Waals surface area contributed by atoms with Gasteiger partial charge in [0.05, 0.1) is 6.42 Å². The van der Waals surface area contributed by atoms with E-state index in [-0.39, 0.29) is 5.91 Å². The molecular formula is C7H10N2OS. The van der Waals surface area contributed by atoms with E-state index in [1.807, 2.05) is 16.8 Å². The summed E-state index contributed by atoms with van der Waals surface area (Å²) in [7, 11) is 1.55. The van der Waals surface area contributed by atoms with Crippen molar-refractivity contribution in [2.24, 2.45) is 5.84 Å². The van der Waals surface area contributed by atoms with Crippen LogP contribution >= 0.6 is 11.3 Å². The molecule has 0 saturated carbocycles. The quantitative estimate of drug-likeness (QED) is 0.402. The summed E-state index contributed by atoms with van der Waals surface area (Å²) in [5, 5.41) is 5.00. The van der Waals surface area contributed by atoms with E-state index in [4.69, 9.17) is 5.84 Å². The van der Waals surface area contributed by atoms with E-state index >= 15 is 0 Å². The summed E-state index contributed by atoms with van der Waals surface area (Å²) in [6, 6.07) is 1.92. The van der Waals surface area contributed by atoms with Crippen LogP contribution < -0.4 is 5.84 Å². The molecule has 0 aliphatic carbocycles. The zero-order valence-electron chi connectivity index (χ0n) is 6.28. The molecular weight excluding hydrogens is 160 g/mol. The fourth-order valence-electron chi connectivity index (χ4n) is 0.693. The summed E-state index contributed by atoms with van der Waals surface area (Å²) in [5.41, 5.74) is 1.03. The van der Waals surface area contributed by atoms with Crippen LogP contribution in [0.15, 0.2) is 16.8 Å². The largest absolute Gasteiger partial charge is 0.284 e. The first-order chi connectivity index (χ1) is 5.20. The summed E-state index contributed by atoms with van der Waals surface area (Å²) in [4.78, 5) is 11.0. The Labute approximate surface area is 69.4 Å². The average Bonchev–Trinajstić information content (AvgIpc) is 2.39. The first-order valence-electron chi connectivity index (χ1n) is 3.22. The lowest BCUT2D eigenvalue weighted by atomic mass is 10.2. The molecule has 1 amide bonds. The van der Waals surface area contributed by atoms with Crippen LogP contribution in [0.25, 0.3) is 0 Å². The standard InChI is InChI=1S/C7H10N2OS/c1-9(8)7(10)4-6-2-3-11-5-6/h2-3,5H,4,8H2,1H3. The summed E-state index contributed by atoms with van der Waals surface area (Å²) in [6.45, 7) is 0. The molecule has 4 heteroatoms. The van der Waals surface area contributed by atoms with Crippen molar-refractivity contribution in [1.82, 2.24) is 5.01 Å². The van der Waals surface area contributed by atoms with Crippen molar-refractivity contribution in [3.8, 4) is 0 Å². The van der Waals surface area contributed by atoms with Crippen molar-refractivity contribution >= 4 is 17.2 Å². The Kier molecular flexibility index (Phi) is 2.62. The second kappa shape index (κ2) is 3.50. The molecule has 0 radical (unpaired) electrons. The van der Waals surface area contributed by atoms with Crippen LogP contribution in [0.3, 0.4) is 0 Å². The van der Waals surface area contributed by atoms with Crippen LogP contribution in [-0.2, 0) is 11.2 Å². The molecule has 0 unspecified atom stereocenters. The van der Waals surface area contributed by atoms with Gasteiger partial charge in [-0.15, -0.1) is 0 Å². The smallest absolute Gasteiger partial charge is 0.240 e. The number of carbonyl (C=O) groups is 1. The van der Waals surface area contributed by atoms with Crippen LogP contribution in [0.1, 0.15) is 5.56 Å². The number of nitrogens with two attached hydrogens (primary N) is 1. The maximum Gasteiger partial charge on any atom is 0.240 e. The van der Waals surface area contributed by atoms with E-state index in [0.717, 1.165) is 10.6 Å². The molecule has 1 rings (SSSR count). The third-order valence-corrected chi connectivity index (χ3v) is 2.06. The fraction of sp³-hybridized carbons (Fsp3) is 0.286. The van der Waals surface area contributed by atoms with Gasteiger partial charge in [-0.25, -0.2) is 5.84 Å². The molecule has 0 bridgehead atoms. The number of hydrazine groups is 1. The van der Waals surface area contributed by atoms with Gasteiger partial charge in [0.2, 0.25) is 5.91 Å². The molecule has 1 aromatic rings. The zero-order chi connectivity index (χ0) is 8.27. The van der Waals surface area contributed by atoms with Gasteiger partial charge in [0.15, 0.2) is 0 Å². The van der Waals surface area contributed by atoms with Crippen LogP contribution in [0.2, 0.25) is 0 Å². The van der Waals surface area contributed by atoms with Crippen molar-refractivity contribution in [2.75, 3.05) is 7.05 Å². The van der Waals surface area contributed by atoms with E-state index in [2.05, 4.69) is 0 Å². The fourth-order valence-corrected chi connectivity index (χ4v) is 1.36. The predicted octanol–water partition coefficient (Wildman–Crippen LogP) is 0.623. The minimum atomic E-state index is -0.0663. The van der Waals surface area contributed by atoms with Crippen molar-refractivity contribution in [3.05, 3.63) is 22.4 Å². The Balaban J connectivity index is 2.50. The molecule has 1 heterocycles. The number of hydrogen-bond donors (Lipinski definition) is 1. The Hall–Kier alpha value is -0.870. The molecule has 0 spiro atoms. The van der Waals surface area contributed by atoms with Crippen molar-refractivity contribution < 1.29 is 4.79 Å². The molecule has 0 fully saturated rings. The van der Waals surface area contributed by atoms with Gasteiger partial charge in [0, 0.05) is 7.05 Å². The highest BCUT2D eigenvalue weighted by atomic mass is 32.1. The second-order valence-electron chi connectivity index (χ2n) is 2.31. The number of amides is 1. The number of rotatable bonds is 2. The van der Waals surface area contributed by atoms with E-state index < -0.39 is 0 Å². The molecule has 3 nitrogen and oxygen atoms in total. The van der Waals surface area contributed by atoms with Crippen molar-refractivity contribution in [2.45, 2.75) is 6.42 Å². The predicted molar refractivity (Wildman–Crippen MR) is 45.0 cm³/mol. The van der Waals surface area contributed by atoms with E-state index in [0.29, 0.717) is 6.42 Å². The number of hydrogen-bond acceptors (Lipinski definition) is 3. The number of thiophene rings is 1. The summed E-state index contributed by atoms with van der Waals surface area (Å²) in [6.07, 6.45) is 0.399.